The maximum Gasteiger partial charge on any atom is 0.317 e. The quantitative estimate of drug-likeness (QED) is 0.645. The fraction of sp³-hybridized carbons (Fsp3) is 0.312. The van der Waals surface area contributed by atoms with Crippen molar-refractivity contribution in [3.8, 4) is 5.69 Å². The average molecular weight is 333 g/mol. The third-order valence-electron chi connectivity index (χ3n) is 3.27. The van der Waals surface area contributed by atoms with Crippen molar-refractivity contribution in [3.63, 3.8) is 0 Å². The van der Waals surface area contributed by atoms with Gasteiger partial charge in [-0.25, -0.2) is 4.68 Å². The van der Waals surface area contributed by atoms with Crippen LogP contribution >= 0.6 is 11.8 Å². The lowest BCUT2D eigenvalue weighted by molar-refractivity contribution is -0.151. The first kappa shape index (κ1) is 17.1. The molecule has 2 aromatic rings. The van der Waals surface area contributed by atoms with Crippen molar-refractivity contribution < 1.29 is 14.3 Å². The van der Waals surface area contributed by atoms with Gasteiger partial charge in [0.05, 0.1) is 27.7 Å². The standard InChI is InChI=1S/C16H19N3O3S/c1-10-15(23-9-14(20)22-12(3)16(17)21)11(2)19(18-10)13-7-5-4-6-8-13/h4-8,12H,9H2,1-3H3,(H2,17,21)/t12-/m0/s1. The highest BCUT2D eigenvalue weighted by atomic mass is 32.2. The summed E-state index contributed by atoms with van der Waals surface area (Å²) < 4.78 is 6.79. The van der Waals surface area contributed by atoms with Crippen molar-refractivity contribution in [1.82, 2.24) is 9.78 Å². The van der Waals surface area contributed by atoms with Gasteiger partial charge in [0.2, 0.25) is 0 Å². The molecule has 6 nitrogen and oxygen atoms in total. The molecule has 1 heterocycles. The van der Waals surface area contributed by atoms with Gasteiger partial charge in [-0.3, -0.25) is 9.59 Å². The largest absolute Gasteiger partial charge is 0.452 e. The Hall–Kier alpha value is -2.28. The van der Waals surface area contributed by atoms with Gasteiger partial charge in [-0.15, -0.1) is 11.8 Å². The number of benzene rings is 1. The van der Waals surface area contributed by atoms with Crippen LogP contribution in [0.2, 0.25) is 0 Å². The van der Waals surface area contributed by atoms with E-state index in [9.17, 15) is 9.59 Å². The predicted molar refractivity (Wildman–Crippen MR) is 88.5 cm³/mol. The Bertz CT molecular complexity index is 713. The van der Waals surface area contributed by atoms with E-state index in [1.165, 1.54) is 18.7 Å². The minimum absolute atomic E-state index is 0.0970. The van der Waals surface area contributed by atoms with Crippen LogP contribution in [0, 0.1) is 13.8 Å². The second kappa shape index (κ2) is 7.32. The molecule has 1 amide bonds. The third-order valence-corrected chi connectivity index (χ3v) is 4.53. The number of carbonyl (C=O) groups is 2. The summed E-state index contributed by atoms with van der Waals surface area (Å²) >= 11 is 1.34. The molecule has 0 aliphatic rings. The highest BCUT2D eigenvalue weighted by Gasteiger charge is 2.18. The van der Waals surface area contributed by atoms with Crippen LogP contribution < -0.4 is 5.73 Å². The molecule has 1 aromatic carbocycles. The Labute approximate surface area is 139 Å². The van der Waals surface area contributed by atoms with E-state index in [1.807, 2.05) is 48.9 Å². The van der Waals surface area contributed by atoms with Gasteiger partial charge < -0.3 is 10.5 Å². The SMILES string of the molecule is Cc1nn(-c2ccccc2)c(C)c1SCC(=O)O[C@@H](C)C(N)=O. The summed E-state index contributed by atoms with van der Waals surface area (Å²) in [6.07, 6.45) is -0.919. The van der Waals surface area contributed by atoms with Gasteiger partial charge in [0.25, 0.3) is 5.91 Å². The smallest absolute Gasteiger partial charge is 0.317 e. The molecule has 0 aliphatic carbocycles. The molecule has 1 atom stereocenters. The third kappa shape index (κ3) is 4.13. The van der Waals surface area contributed by atoms with Crippen LogP contribution in [0.1, 0.15) is 18.3 Å². The summed E-state index contributed by atoms with van der Waals surface area (Å²) in [6, 6.07) is 9.77. The number of primary amides is 1. The number of hydrogen-bond acceptors (Lipinski definition) is 5. The van der Waals surface area contributed by atoms with Gasteiger partial charge in [-0.1, -0.05) is 18.2 Å². The van der Waals surface area contributed by atoms with Crippen LogP contribution in [0.25, 0.3) is 5.69 Å². The second-order valence-corrected chi connectivity index (χ2v) is 6.06. The maximum atomic E-state index is 11.8. The number of esters is 1. The van der Waals surface area contributed by atoms with Crippen molar-refractivity contribution in [1.29, 1.82) is 0 Å². The molecule has 2 N–H and O–H groups in total. The lowest BCUT2D eigenvalue weighted by Crippen LogP contribution is -2.31. The zero-order chi connectivity index (χ0) is 17.0. The summed E-state index contributed by atoms with van der Waals surface area (Å²) in [5, 5.41) is 4.52. The van der Waals surface area contributed by atoms with Crippen LogP contribution in [0.5, 0.6) is 0 Å². The van der Waals surface area contributed by atoms with E-state index >= 15 is 0 Å². The minimum atomic E-state index is -0.919. The molecule has 0 spiro atoms. The Morgan fingerprint density at radius 2 is 1.96 bits per heavy atom. The molecular weight excluding hydrogens is 314 g/mol. The lowest BCUT2D eigenvalue weighted by Gasteiger charge is -2.09. The molecule has 2 rings (SSSR count). The first-order valence-electron chi connectivity index (χ1n) is 7.13. The van der Waals surface area contributed by atoms with Crippen LogP contribution in [0.4, 0.5) is 0 Å². The molecule has 0 saturated carbocycles. The van der Waals surface area contributed by atoms with Crippen LogP contribution in [-0.4, -0.2) is 33.5 Å². The first-order chi connectivity index (χ1) is 10.9. The zero-order valence-electron chi connectivity index (χ0n) is 13.3. The van der Waals surface area contributed by atoms with Crippen LogP contribution in [0.15, 0.2) is 35.2 Å². The number of nitrogens with two attached hydrogens (primary N) is 1. The molecule has 23 heavy (non-hydrogen) atoms. The molecule has 0 aliphatic heterocycles. The van der Waals surface area contributed by atoms with E-state index in [2.05, 4.69) is 5.10 Å². The van der Waals surface area contributed by atoms with E-state index in [0.717, 1.165) is 22.0 Å². The van der Waals surface area contributed by atoms with E-state index in [1.54, 1.807) is 0 Å². The topological polar surface area (TPSA) is 87.2 Å². The molecule has 0 bridgehead atoms. The van der Waals surface area contributed by atoms with Gasteiger partial charge in [0.1, 0.15) is 0 Å². The number of nitrogens with zero attached hydrogens (tertiary/aromatic N) is 2. The van der Waals surface area contributed by atoms with E-state index < -0.39 is 18.0 Å². The normalized spacial score (nSPS) is 12.0. The molecular formula is C16H19N3O3S. The summed E-state index contributed by atoms with van der Waals surface area (Å²) in [4.78, 5) is 23.6. The summed E-state index contributed by atoms with van der Waals surface area (Å²) in [7, 11) is 0. The number of rotatable bonds is 6. The monoisotopic (exact) mass is 333 g/mol. The fourth-order valence-electron chi connectivity index (χ4n) is 2.08. The van der Waals surface area contributed by atoms with Crippen LogP contribution in [-0.2, 0) is 14.3 Å². The molecule has 0 saturated heterocycles. The summed E-state index contributed by atoms with van der Waals surface area (Å²) in [5.41, 5.74) is 7.83. The molecule has 7 heteroatoms. The Morgan fingerprint density at radius 1 is 1.30 bits per heavy atom. The maximum absolute atomic E-state index is 11.8. The van der Waals surface area contributed by atoms with Gasteiger partial charge >= 0.3 is 5.97 Å². The second-order valence-electron chi connectivity index (χ2n) is 5.07. The first-order valence-corrected chi connectivity index (χ1v) is 8.12. The molecule has 122 valence electrons. The number of para-hydroxylation sites is 1. The van der Waals surface area contributed by atoms with E-state index in [0.29, 0.717) is 0 Å². The Morgan fingerprint density at radius 3 is 2.57 bits per heavy atom. The summed E-state index contributed by atoms with van der Waals surface area (Å²) in [5.74, 6) is -1.04. The van der Waals surface area contributed by atoms with E-state index in [-0.39, 0.29) is 5.75 Å². The molecule has 1 aromatic heterocycles. The number of aromatic nitrogens is 2. The number of carbonyl (C=O) groups excluding carboxylic acids is 2. The highest BCUT2D eigenvalue weighted by molar-refractivity contribution is 8.00. The molecule has 0 radical (unpaired) electrons. The fourth-order valence-corrected chi connectivity index (χ4v) is 2.95. The molecule has 0 fully saturated rings. The van der Waals surface area contributed by atoms with Crippen molar-refractivity contribution in [2.75, 3.05) is 5.75 Å². The average Bonchev–Trinajstić information content (AvgIpc) is 2.80. The summed E-state index contributed by atoms with van der Waals surface area (Å²) in [6.45, 7) is 5.30. The number of thioether (sulfide) groups is 1. The number of amides is 1. The minimum Gasteiger partial charge on any atom is -0.452 e. The van der Waals surface area contributed by atoms with Crippen molar-refractivity contribution in [2.24, 2.45) is 5.73 Å². The lowest BCUT2D eigenvalue weighted by atomic mass is 10.3. The van der Waals surface area contributed by atoms with Crippen LogP contribution in [0.3, 0.4) is 0 Å². The van der Waals surface area contributed by atoms with Crippen molar-refractivity contribution in [2.45, 2.75) is 31.8 Å². The van der Waals surface area contributed by atoms with Gasteiger partial charge in [-0.05, 0) is 32.9 Å². The molecule has 0 unspecified atom stereocenters. The van der Waals surface area contributed by atoms with E-state index in [4.69, 9.17) is 10.5 Å². The van der Waals surface area contributed by atoms with Crippen molar-refractivity contribution in [3.05, 3.63) is 41.7 Å². The number of ether oxygens (including phenoxy) is 1. The van der Waals surface area contributed by atoms with Crippen molar-refractivity contribution >= 4 is 23.6 Å². The predicted octanol–water partition coefficient (Wildman–Crippen LogP) is 2.00. The van der Waals surface area contributed by atoms with Gasteiger partial charge in [0, 0.05) is 0 Å². The highest BCUT2D eigenvalue weighted by Crippen LogP contribution is 2.28. The van der Waals surface area contributed by atoms with Gasteiger partial charge in [0.15, 0.2) is 6.10 Å². The Kier molecular flexibility index (Phi) is 5.44. The number of hydrogen-bond donors (Lipinski definition) is 1. The van der Waals surface area contributed by atoms with Gasteiger partial charge in [-0.2, -0.15) is 5.10 Å². The number of aryl methyl sites for hydroxylation is 1. The zero-order valence-corrected chi connectivity index (χ0v) is 14.1. The Balaban J connectivity index is 2.08.